The van der Waals surface area contributed by atoms with E-state index in [1.165, 1.54) is 41.2 Å². The number of hydrogen-bond acceptors (Lipinski definition) is 6. The molecule has 10 nitrogen and oxygen atoms in total. The van der Waals surface area contributed by atoms with Crippen molar-refractivity contribution in [1.29, 1.82) is 0 Å². The number of carbonyl (C=O) groups is 2. The molecule has 1 saturated heterocycles. The Balaban J connectivity index is 1.35. The van der Waals surface area contributed by atoms with E-state index in [-0.39, 0.29) is 35.8 Å². The van der Waals surface area contributed by atoms with Crippen LogP contribution in [0.2, 0.25) is 0 Å². The van der Waals surface area contributed by atoms with E-state index in [9.17, 15) is 31.2 Å². The summed E-state index contributed by atoms with van der Waals surface area (Å²) in [5.41, 5.74) is -0.564. The summed E-state index contributed by atoms with van der Waals surface area (Å²) in [6.45, 7) is 2.52. The van der Waals surface area contributed by atoms with E-state index >= 15 is 0 Å². The number of sulfonamides is 1. The van der Waals surface area contributed by atoms with Crippen molar-refractivity contribution in [3.63, 3.8) is 0 Å². The molecule has 1 aliphatic rings. The van der Waals surface area contributed by atoms with Gasteiger partial charge in [0, 0.05) is 24.8 Å². The molecule has 2 amide bonds. The number of carbonyl (C=O) groups excluding carboxylic acids is 2. The second-order valence-corrected chi connectivity index (χ2v) is 11.6. The van der Waals surface area contributed by atoms with Crippen molar-refractivity contribution in [3.05, 3.63) is 71.9 Å². The van der Waals surface area contributed by atoms with E-state index in [1.807, 2.05) is 6.92 Å². The molecule has 1 aromatic heterocycles. The minimum absolute atomic E-state index is 0.00841. The van der Waals surface area contributed by atoms with E-state index in [4.69, 9.17) is 0 Å². The van der Waals surface area contributed by atoms with Crippen molar-refractivity contribution in [2.24, 2.45) is 0 Å². The molecule has 1 fully saturated rings. The van der Waals surface area contributed by atoms with Gasteiger partial charge in [-0.3, -0.25) is 14.3 Å². The predicted octanol–water partition coefficient (Wildman–Crippen LogP) is 2.21. The zero-order chi connectivity index (χ0) is 29.7. The van der Waals surface area contributed by atoms with Crippen molar-refractivity contribution >= 4 is 21.8 Å². The Kier molecular flexibility index (Phi) is 9.14. The number of aryl methyl sites for hydroxylation is 1. The van der Waals surface area contributed by atoms with Gasteiger partial charge in [0.15, 0.2) is 0 Å². The Bertz CT molecular complexity index is 1480. The summed E-state index contributed by atoms with van der Waals surface area (Å²) in [6.07, 6.45) is -2.39. The Morgan fingerprint density at radius 2 is 1.76 bits per heavy atom. The second-order valence-electron chi connectivity index (χ2n) is 9.82. The number of amides is 2. The van der Waals surface area contributed by atoms with Crippen molar-refractivity contribution in [2.75, 3.05) is 26.2 Å². The molecule has 0 bridgehead atoms. The first-order chi connectivity index (χ1) is 19.4. The maximum absolute atomic E-state index is 13.2. The van der Waals surface area contributed by atoms with E-state index in [0.29, 0.717) is 25.9 Å². The number of aromatic nitrogens is 2. The lowest BCUT2D eigenvalue weighted by molar-refractivity contribution is -0.137. The minimum atomic E-state index is -4.49. The van der Waals surface area contributed by atoms with Crippen LogP contribution in [-0.4, -0.2) is 61.7 Å². The van der Waals surface area contributed by atoms with Crippen LogP contribution in [-0.2, 0) is 32.3 Å². The van der Waals surface area contributed by atoms with Crippen molar-refractivity contribution in [1.82, 2.24) is 30.5 Å². The fourth-order valence-electron chi connectivity index (χ4n) is 4.51. The highest BCUT2D eigenvalue weighted by atomic mass is 32.2. The molecular weight excluding hydrogens is 561 g/mol. The summed E-state index contributed by atoms with van der Waals surface area (Å²) in [6, 6.07) is 12.6. The fourth-order valence-corrected chi connectivity index (χ4v) is 5.54. The summed E-state index contributed by atoms with van der Waals surface area (Å²) < 4.78 is 67.9. The highest BCUT2D eigenvalue weighted by Gasteiger charge is 2.40. The van der Waals surface area contributed by atoms with Gasteiger partial charge in [0.2, 0.25) is 21.8 Å². The fraction of sp³-hybridized carbons (Fsp3) is 0.370. The molecule has 2 aromatic carbocycles. The van der Waals surface area contributed by atoms with Gasteiger partial charge in [-0.1, -0.05) is 29.8 Å². The van der Waals surface area contributed by atoms with Gasteiger partial charge in [-0.2, -0.15) is 18.3 Å². The molecule has 0 saturated carbocycles. The third-order valence-corrected chi connectivity index (χ3v) is 8.21. The second kappa shape index (κ2) is 12.4. The molecule has 0 unspecified atom stereocenters. The number of rotatable bonds is 10. The lowest BCUT2D eigenvalue weighted by Crippen LogP contribution is -2.63. The van der Waals surface area contributed by atoms with Gasteiger partial charge < -0.3 is 16.0 Å². The van der Waals surface area contributed by atoms with E-state index in [2.05, 4.69) is 25.8 Å². The van der Waals surface area contributed by atoms with Gasteiger partial charge in [-0.25, -0.2) is 13.1 Å². The maximum Gasteiger partial charge on any atom is 0.416 e. The molecule has 4 N–H and O–H groups in total. The number of alkyl halides is 3. The molecule has 2 heterocycles. The number of nitrogens with zero attached hydrogens (tertiary/aromatic N) is 2. The smallest absolute Gasteiger partial charge is 0.353 e. The first-order valence-corrected chi connectivity index (χ1v) is 14.4. The third kappa shape index (κ3) is 7.71. The van der Waals surface area contributed by atoms with Crippen LogP contribution < -0.4 is 20.7 Å². The predicted molar refractivity (Wildman–Crippen MR) is 145 cm³/mol. The normalized spacial score (nSPS) is 15.3. The average molecular weight is 593 g/mol. The minimum Gasteiger partial charge on any atom is -0.353 e. The molecule has 41 heavy (non-hydrogen) atoms. The number of nitrogens with one attached hydrogen (secondary N) is 4. The van der Waals surface area contributed by atoms with E-state index in [1.54, 1.807) is 12.1 Å². The lowest BCUT2D eigenvalue weighted by Gasteiger charge is -2.37. The number of benzene rings is 2. The van der Waals surface area contributed by atoms with Gasteiger partial charge in [0.25, 0.3) is 0 Å². The average Bonchev–Trinajstić information content (AvgIpc) is 3.39. The zero-order valence-corrected chi connectivity index (χ0v) is 23.1. The van der Waals surface area contributed by atoms with Gasteiger partial charge in [-0.15, -0.1) is 0 Å². The van der Waals surface area contributed by atoms with E-state index in [0.717, 1.165) is 17.7 Å². The molecule has 0 spiro atoms. The SMILES string of the molecule is Cc1ccc(S(=O)(=O)NCCNC(=O)C2(NC(=O)Cn3ccc(-c4cccc(C(F)(F)F)c4)n3)CCNCC2)cc1. The lowest BCUT2D eigenvalue weighted by atomic mass is 9.87. The highest BCUT2D eigenvalue weighted by molar-refractivity contribution is 7.89. The first kappa shape index (κ1) is 30.2. The largest absolute Gasteiger partial charge is 0.416 e. The Hall–Kier alpha value is -3.75. The molecule has 14 heteroatoms. The van der Waals surface area contributed by atoms with Crippen molar-refractivity contribution in [3.8, 4) is 11.3 Å². The van der Waals surface area contributed by atoms with Crippen LogP contribution in [0.4, 0.5) is 13.2 Å². The van der Waals surface area contributed by atoms with Gasteiger partial charge >= 0.3 is 6.18 Å². The number of hydrogen-bond donors (Lipinski definition) is 4. The summed E-state index contributed by atoms with van der Waals surface area (Å²) >= 11 is 0. The quantitative estimate of drug-likeness (QED) is 0.267. The van der Waals surface area contributed by atoms with Crippen LogP contribution in [0.15, 0.2) is 65.7 Å². The van der Waals surface area contributed by atoms with Gasteiger partial charge in [0.05, 0.1) is 16.2 Å². The monoisotopic (exact) mass is 592 g/mol. The van der Waals surface area contributed by atoms with Gasteiger partial charge in [0.1, 0.15) is 12.1 Å². The Morgan fingerprint density at radius 1 is 1.05 bits per heavy atom. The number of halogens is 3. The Labute approximate surface area is 235 Å². The van der Waals surface area contributed by atoms with Crippen LogP contribution in [0.1, 0.15) is 24.0 Å². The molecular formula is C27H31F3N6O4S. The van der Waals surface area contributed by atoms with Gasteiger partial charge in [-0.05, 0) is 63.2 Å². The van der Waals surface area contributed by atoms with Crippen LogP contribution in [0.5, 0.6) is 0 Å². The molecule has 0 atom stereocenters. The standard InChI is InChI=1S/C27H31F3N6O4S/c1-19-5-7-22(8-6-19)41(39,40)33-15-14-32-25(38)26(10-12-31-13-11-26)34-24(37)18-36-16-9-23(35-36)20-3-2-4-21(17-20)27(28,29)30/h2-9,16-17,31,33H,10-15,18H2,1H3,(H,32,38)(H,34,37). The first-order valence-electron chi connectivity index (χ1n) is 13.0. The molecule has 3 aromatic rings. The molecule has 4 rings (SSSR count). The summed E-state index contributed by atoms with van der Waals surface area (Å²) in [5, 5.41) is 12.9. The maximum atomic E-state index is 13.2. The molecule has 0 radical (unpaired) electrons. The summed E-state index contributed by atoms with van der Waals surface area (Å²) in [5.74, 6) is -0.937. The molecule has 1 aliphatic heterocycles. The summed E-state index contributed by atoms with van der Waals surface area (Å²) in [7, 11) is -3.74. The summed E-state index contributed by atoms with van der Waals surface area (Å²) in [4.78, 5) is 26.3. The zero-order valence-electron chi connectivity index (χ0n) is 22.3. The van der Waals surface area contributed by atoms with Crippen molar-refractivity contribution in [2.45, 2.75) is 42.9 Å². The molecule has 220 valence electrons. The third-order valence-electron chi connectivity index (χ3n) is 6.74. The Morgan fingerprint density at radius 3 is 2.44 bits per heavy atom. The highest BCUT2D eigenvalue weighted by Crippen LogP contribution is 2.31. The van der Waals surface area contributed by atoms with Crippen LogP contribution in [0.25, 0.3) is 11.3 Å². The van der Waals surface area contributed by atoms with Crippen LogP contribution >= 0.6 is 0 Å². The topological polar surface area (TPSA) is 134 Å². The van der Waals surface area contributed by atoms with Crippen LogP contribution in [0.3, 0.4) is 0 Å². The number of piperidine rings is 1. The molecule has 0 aliphatic carbocycles. The van der Waals surface area contributed by atoms with Crippen molar-refractivity contribution < 1.29 is 31.2 Å². The van der Waals surface area contributed by atoms with Crippen LogP contribution in [0, 0.1) is 6.92 Å². The van der Waals surface area contributed by atoms with E-state index < -0.39 is 39.1 Å².